The van der Waals surface area contributed by atoms with Crippen molar-refractivity contribution in [3.8, 4) is 16.9 Å². The van der Waals surface area contributed by atoms with Crippen LogP contribution in [0.5, 0.6) is 0 Å². The average molecular weight is 338 g/mol. The van der Waals surface area contributed by atoms with Gasteiger partial charge in [-0.3, -0.25) is 4.79 Å². The van der Waals surface area contributed by atoms with E-state index in [1.54, 1.807) is 17.9 Å². The molecule has 1 fully saturated rings. The molecule has 0 N–H and O–H groups in total. The maximum Gasteiger partial charge on any atom is 0.292 e. The minimum atomic E-state index is -0.156. The Labute approximate surface area is 144 Å². The molecule has 8 heteroatoms. The van der Waals surface area contributed by atoms with Gasteiger partial charge in [0, 0.05) is 25.7 Å². The lowest BCUT2D eigenvalue weighted by molar-refractivity contribution is 0.122. The summed E-state index contributed by atoms with van der Waals surface area (Å²) in [5.41, 5.74) is 2.76. The van der Waals surface area contributed by atoms with Crippen LogP contribution in [0.4, 0.5) is 5.69 Å². The number of rotatable bonds is 3. The van der Waals surface area contributed by atoms with Crippen molar-refractivity contribution in [2.24, 2.45) is 7.05 Å². The van der Waals surface area contributed by atoms with Crippen LogP contribution >= 0.6 is 0 Å². The number of benzene rings is 1. The van der Waals surface area contributed by atoms with Crippen molar-refractivity contribution in [2.45, 2.75) is 0 Å². The molecule has 0 unspecified atom stereocenters. The van der Waals surface area contributed by atoms with Crippen LogP contribution in [0.1, 0.15) is 0 Å². The summed E-state index contributed by atoms with van der Waals surface area (Å²) in [5, 5.41) is 12.6. The lowest BCUT2D eigenvalue weighted by atomic mass is 10.2. The highest BCUT2D eigenvalue weighted by molar-refractivity contribution is 5.62. The van der Waals surface area contributed by atoms with E-state index < -0.39 is 0 Å². The predicted octanol–water partition coefficient (Wildman–Crippen LogP) is 0.865. The first-order valence-electron chi connectivity index (χ1n) is 8.11. The Hall–Kier alpha value is -3.00. The van der Waals surface area contributed by atoms with Crippen LogP contribution in [0, 0.1) is 0 Å². The minimum Gasteiger partial charge on any atom is -0.378 e. The number of aryl methyl sites for hydroxylation is 1. The van der Waals surface area contributed by atoms with E-state index in [1.807, 2.05) is 41.4 Å². The van der Waals surface area contributed by atoms with Crippen molar-refractivity contribution in [1.82, 2.24) is 24.8 Å². The SMILES string of the molecule is Cn1ncc(-n2cc(-c3ccccc3)nn2)c(N2CCOCC2)c1=O. The van der Waals surface area contributed by atoms with Crippen LogP contribution in [0.2, 0.25) is 0 Å². The second-order valence-electron chi connectivity index (χ2n) is 5.82. The van der Waals surface area contributed by atoms with Gasteiger partial charge in [0.1, 0.15) is 17.1 Å². The normalized spacial score (nSPS) is 14.7. The summed E-state index contributed by atoms with van der Waals surface area (Å²) in [6, 6.07) is 9.80. The summed E-state index contributed by atoms with van der Waals surface area (Å²) < 4.78 is 8.35. The Morgan fingerprint density at radius 1 is 1.12 bits per heavy atom. The smallest absolute Gasteiger partial charge is 0.292 e. The zero-order valence-electron chi connectivity index (χ0n) is 13.9. The molecule has 128 valence electrons. The lowest BCUT2D eigenvalue weighted by Gasteiger charge is -2.29. The summed E-state index contributed by atoms with van der Waals surface area (Å²) in [5.74, 6) is 0. The monoisotopic (exact) mass is 338 g/mol. The van der Waals surface area contributed by atoms with E-state index >= 15 is 0 Å². The van der Waals surface area contributed by atoms with Crippen molar-refractivity contribution in [3.63, 3.8) is 0 Å². The van der Waals surface area contributed by atoms with Gasteiger partial charge in [-0.2, -0.15) is 5.10 Å². The van der Waals surface area contributed by atoms with Gasteiger partial charge in [0.25, 0.3) is 5.56 Å². The van der Waals surface area contributed by atoms with Crippen molar-refractivity contribution in [2.75, 3.05) is 31.2 Å². The highest BCUT2D eigenvalue weighted by Gasteiger charge is 2.21. The fourth-order valence-corrected chi connectivity index (χ4v) is 2.89. The molecule has 0 bridgehead atoms. The zero-order valence-corrected chi connectivity index (χ0v) is 13.9. The Kier molecular flexibility index (Phi) is 4.02. The Morgan fingerprint density at radius 2 is 1.88 bits per heavy atom. The molecule has 3 aromatic rings. The van der Waals surface area contributed by atoms with Gasteiger partial charge in [-0.25, -0.2) is 9.36 Å². The molecule has 1 aliphatic heterocycles. The van der Waals surface area contributed by atoms with Gasteiger partial charge in [-0.05, 0) is 0 Å². The Balaban J connectivity index is 1.79. The van der Waals surface area contributed by atoms with Gasteiger partial charge in [-0.15, -0.1) is 5.10 Å². The summed E-state index contributed by atoms with van der Waals surface area (Å²) in [7, 11) is 1.65. The van der Waals surface area contributed by atoms with Crippen molar-refractivity contribution in [3.05, 3.63) is 53.1 Å². The van der Waals surface area contributed by atoms with Gasteiger partial charge in [-0.1, -0.05) is 35.5 Å². The molecule has 4 rings (SSSR count). The van der Waals surface area contributed by atoms with Gasteiger partial charge in [0.05, 0.1) is 25.6 Å². The van der Waals surface area contributed by atoms with Crippen molar-refractivity contribution < 1.29 is 4.74 Å². The van der Waals surface area contributed by atoms with Gasteiger partial charge < -0.3 is 9.64 Å². The topological polar surface area (TPSA) is 78.1 Å². The van der Waals surface area contributed by atoms with E-state index in [0.29, 0.717) is 37.7 Å². The molecule has 0 saturated carbocycles. The van der Waals surface area contributed by atoms with Crippen LogP contribution in [0.15, 0.2) is 47.5 Å². The number of hydrogen-bond acceptors (Lipinski definition) is 6. The molecule has 1 aromatic carbocycles. The van der Waals surface area contributed by atoms with E-state index in [0.717, 1.165) is 11.3 Å². The number of morpholine rings is 1. The molecular formula is C17H18N6O2. The molecule has 1 aliphatic rings. The highest BCUT2D eigenvalue weighted by Crippen LogP contribution is 2.22. The minimum absolute atomic E-state index is 0.156. The van der Waals surface area contributed by atoms with E-state index in [1.165, 1.54) is 4.68 Å². The summed E-state index contributed by atoms with van der Waals surface area (Å²) in [4.78, 5) is 14.7. The molecule has 0 amide bonds. The highest BCUT2D eigenvalue weighted by atomic mass is 16.5. The molecule has 3 heterocycles. The van der Waals surface area contributed by atoms with Crippen LogP contribution in [-0.4, -0.2) is 51.1 Å². The number of ether oxygens (including phenoxy) is 1. The van der Waals surface area contributed by atoms with Crippen LogP contribution in [-0.2, 0) is 11.8 Å². The van der Waals surface area contributed by atoms with Gasteiger partial charge in [0.15, 0.2) is 0 Å². The van der Waals surface area contributed by atoms with Crippen LogP contribution < -0.4 is 10.5 Å². The van der Waals surface area contributed by atoms with E-state index in [-0.39, 0.29) is 5.56 Å². The molecule has 25 heavy (non-hydrogen) atoms. The fourth-order valence-electron chi connectivity index (χ4n) is 2.89. The Morgan fingerprint density at radius 3 is 2.64 bits per heavy atom. The summed E-state index contributed by atoms with van der Waals surface area (Å²) >= 11 is 0. The lowest BCUT2D eigenvalue weighted by Crippen LogP contribution is -2.41. The van der Waals surface area contributed by atoms with Crippen LogP contribution in [0.25, 0.3) is 16.9 Å². The van der Waals surface area contributed by atoms with Crippen molar-refractivity contribution >= 4 is 5.69 Å². The average Bonchev–Trinajstić information content (AvgIpc) is 3.15. The third-order valence-corrected chi connectivity index (χ3v) is 4.23. The first-order chi connectivity index (χ1) is 12.2. The maximum absolute atomic E-state index is 12.7. The molecule has 0 radical (unpaired) electrons. The number of hydrogen-bond donors (Lipinski definition) is 0. The molecular weight excluding hydrogens is 320 g/mol. The van der Waals surface area contributed by atoms with Crippen LogP contribution in [0.3, 0.4) is 0 Å². The number of nitrogens with zero attached hydrogens (tertiary/aromatic N) is 6. The number of aromatic nitrogens is 5. The summed E-state index contributed by atoms with van der Waals surface area (Å²) in [6.07, 6.45) is 3.46. The Bertz CT molecular complexity index is 928. The molecule has 0 aliphatic carbocycles. The van der Waals surface area contributed by atoms with Gasteiger partial charge in [0.2, 0.25) is 0 Å². The molecule has 0 atom stereocenters. The molecule has 0 spiro atoms. The first kappa shape index (κ1) is 15.5. The quantitative estimate of drug-likeness (QED) is 0.705. The number of anilines is 1. The van der Waals surface area contributed by atoms with Gasteiger partial charge >= 0.3 is 0 Å². The van der Waals surface area contributed by atoms with Crippen molar-refractivity contribution in [1.29, 1.82) is 0 Å². The molecule has 8 nitrogen and oxygen atoms in total. The first-order valence-corrected chi connectivity index (χ1v) is 8.11. The summed E-state index contributed by atoms with van der Waals surface area (Å²) in [6.45, 7) is 2.51. The predicted molar refractivity (Wildman–Crippen MR) is 92.9 cm³/mol. The van der Waals surface area contributed by atoms with E-state index in [9.17, 15) is 4.79 Å². The largest absolute Gasteiger partial charge is 0.378 e. The van der Waals surface area contributed by atoms with E-state index in [4.69, 9.17) is 4.74 Å². The second kappa shape index (κ2) is 6.48. The van der Waals surface area contributed by atoms with E-state index in [2.05, 4.69) is 15.4 Å². The standard InChI is InChI=1S/C17H18N6O2/c1-21-17(24)16(22-7-9-25-10-8-22)15(11-18-21)23-12-14(19-20-23)13-5-3-2-4-6-13/h2-6,11-12H,7-10H2,1H3. The zero-order chi connectivity index (χ0) is 17.2. The third-order valence-electron chi connectivity index (χ3n) is 4.23. The third kappa shape index (κ3) is 2.91. The molecule has 1 saturated heterocycles. The molecule has 2 aromatic heterocycles. The second-order valence-corrected chi connectivity index (χ2v) is 5.82. The maximum atomic E-state index is 12.7. The fraction of sp³-hybridized carbons (Fsp3) is 0.294.